The second-order valence-electron chi connectivity index (χ2n) is 3.86. The quantitative estimate of drug-likeness (QED) is 0.771. The van der Waals surface area contributed by atoms with Gasteiger partial charge in [-0.2, -0.15) is 0 Å². The fraction of sp³-hybridized carbons (Fsp3) is 0.500. The third kappa shape index (κ3) is 2.61. The molecule has 0 unspecified atom stereocenters. The summed E-state index contributed by atoms with van der Waals surface area (Å²) in [6, 6.07) is 3.88. The van der Waals surface area contributed by atoms with Crippen LogP contribution in [0.4, 0.5) is 0 Å². The number of carboxylic acid groups (broad SMARTS) is 1. The summed E-state index contributed by atoms with van der Waals surface area (Å²) in [7, 11) is 0. The largest absolute Gasteiger partial charge is 0.481 e. The molecule has 1 rings (SSSR count). The summed E-state index contributed by atoms with van der Waals surface area (Å²) >= 11 is 0. The zero-order valence-electron chi connectivity index (χ0n) is 8.03. The zero-order valence-corrected chi connectivity index (χ0v) is 8.03. The van der Waals surface area contributed by atoms with Crippen molar-refractivity contribution in [1.29, 1.82) is 0 Å². The highest BCUT2D eigenvalue weighted by atomic mass is 16.4. The van der Waals surface area contributed by atoms with Crippen LogP contribution < -0.4 is 0 Å². The van der Waals surface area contributed by atoms with Crippen molar-refractivity contribution in [2.24, 2.45) is 5.41 Å². The second-order valence-corrected chi connectivity index (χ2v) is 3.86. The van der Waals surface area contributed by atoms with Gasteiger partial charge in [0.1, 0.15) is 0 Å². The Bertz CT molecular complexity index is 275. The minimum absolute atomic E-state index is 0.635. The van der Waals surface area contributed by atoms with Gasteiger partial charge in [-0.1, -0.05) is 0 Å². The maximum atomic E-state index is 10.8. The molecule has 1 heterocycles. The first-order chi connectivity index (χ1) is 6.02. The van der Waals surface area contributed by atoms with E-state index in [-0.39, 0.29) is 0 Å². The number of aromatic nitrogens is 1. The SMILES string of the molecule is CC(C)(CCn1cccc1)C(=O)O. The van der Waals surface area contributed by atoms with Gasteiger partial charge in [0.25, 0.3) is 0 Å². The van der Waals surface area contributed by atoms with E-state index in [1.165, 1.54) is 0 Å². The van der Waals surface area contributed by atoms with Crippen LogP contribution in [-0.4, -0.2) is 15.6 Å². The van der Waals surface area contributed by atoms with Gasteiger partial charge < -0.3 is 9.67 Å². The zero-order chi connectivity index (χ0) is 9.90. The Kier molecular flexibility index (Phi) is 2.76. The van der Waals surface area contributed by atoms with Crippen LogP contribution in [0.15, 0.2) is 24.5 Å². The first kappa shape index (κ1) is 9.84. The standard InChI is InChI=1S/C10H15NO2/c1-10(2,9(12)13)5-8-11-6-3-4-7-11/h3-4,6-7H,5,8H2,1-2H3,(H,12,13). The molecule has 0 aliphatic heterocycles. The number of carbonyl (C=O) groups is 1. The summed E-state index contributed by atoms with van der Waals surface area (Å²) in [5, 5.41) is 8.86. The van der Waals surface area contributed by atoms with E-state index in [9.17, 15) is 4.79 Å². The van der Waals surface area contributed by atoms with Crippen LogP contribution in [0.1, 0.15) is 20.3 Å². The fourth-order valence-corrected chi connectivity index (χ4v) is 1.03. The molecule has 0 fully saturated rings. The fourth-order valence-electron chi connectivity index (χ4n) is 1.03. The molecule has 0 radical (unpaired) electrons. The monoisotopic (exact) mass is 181 g/mol. The molecule has 0 bridgehead atoms. The molecular weight excluding hydrogens is 166 g/mol. The lowest BCUT2D eigenvalue weighted by molar-refractivity contribution is -0.147. The summed E-state index contributed by atoms with van der Waals surface area (Å²) < 4.78 is 1.99. The Hall–Kier alpha value is -1.25. The minimum atomic E-state index is -0.736. The number of carboxylic acids is 1. The second kappa shape index (κ2) is 3.64. The molecule has 3 heteroatoms. The van der Waals surface area contributed by atoms with Crippen LogP contribution in [0, 0.1) is 5.41 Å². The highest BCUT2D eigenvalue weighted by molar-refractivity contribution is 5.73. The highest BCUT2D eigenvalue weighted by Gasteiger charge is 2.26. The molecule has 72 valence electrons. The molecule has 0 aliphatic carbocycles. The molecule has 0 aromatic carbocycles. The van der Waals surface area contributed by atoms with E-state index in [0.717, 1.165) is 6.54 Å². The predicted octanol–water partition coefficient (Wildman–Crippen LogP) is 1.99. The first-order valence-electron chi connectivity index (χ1n) is 4.36. The van der Waals surface area contributed by atoms with Crippen LogP contribution in [0.3, 0.4) is 0 Å². The topological polar surface area (TPSA) is 42.2 Å². The van der Waals surface area contributed by atoms with Crippen molar-refractivity contribution in [3.05, 3.63) is 24.5 Å². The van der Waals surface area contributed by atoms with E-state index < -0.39 is 11.4 Å². The minimum Gasteiger partial charge on any atom is -0.481 e. The average Bonchev–Trinajstić information content (AvgIpc) is 2.52. The summed E-state index contributed by atoms with van der Waals surface area (Å²) in [5.74, 6) is -0.736. The molecule has 1 aromatic rings. The summed E-state index contributed by atoms with van der Waals surface area (Å²) in [5.41, 5.74) is -0.635. The van der Waals surface area contributed by atoms with Crippen molar-refractivity contribution in [2.45, 2.75) is 26.8 Å². The molecule has 0 spiro atoms. The summed E-state index contributed by atoms with van der Waals surface area (Å²) in [6.07, 6.45) is 4.53. The van der Waals surface area contributed by atoms with Crippen molar-refractivity contribution in [2.75, 3.05) is 0 Å². The van der Waals surface area contributed by atoms with Crippen molar-refractivity contribution in [1.82, 2.24) is 4.57 Å². The van der Waals surface area contributed by atoms with E-state index >= 15 is 0 Å². The molecule has 0 aliphatic rings. The Morgan fingerprint density at radius 3 is 2.38 bits per heavy atom. The van der Waals surface area contributed by atoms with Gasteiger partial charge in [-0.05, 0) is 32.4 Å². The Balaban J connectivity index is 2.47. The number of aliphatic carboxylic acids is 1. The van der Waals surface area contributed by atoms with Gasteiger partial charge in [-0.3, -0.25) is 4.79 Å². The Morgan fingerprint density at radius 1 is 1.38 bits per heavy atom. The van der Waals surface area contributed by atoms with Crippen molar-refractivity contribution < 1.29 is 9.90 Å². The van der Waals surface area contributed by atoms with Gasteiger partial charge in [0, 0.05) is 18.9 Å². The third-order valence-corrected chi connectivity index (χ3v) is 2.24. The Morgan fingerprint density at radius 2 is 1.92 bits per heavy atom. The number of aryl methyl sites for hydroxylation is 1. The molecular formula is C10H15NO2. The number of rotatable bonds is 4. The maximum absolute atomic E-state index is 10.8. The lowest BCUT2D eigenvalue weighted by atomic mass is 9.90. The smallest absolute Gasteiger partial charge is 0.309 e. The van der Waals surface area contributed by atoms with Gasteiger partial charge in [0.15, 0.2) is 0 Å². The van der Waals surface area contributed by atoms with Gasteiger partial charge in [0.05, 0.1) is 5.41 Å². The molecule has 0 amide bonds. The molecule has 13 heavy (non-hydrogen) atoms. The normalized spacial score (nSPS) is 11.5. The van der Waals surface area contributed by atoms with E-state index in [2.05, 4.69) is 0 Å². The van der Waals surface area contributed by atoms with Crippen LogP contribution in [0.2, 0.25) is 0 Å². The number of nitrogens with zero attached hydrogens (tertiary/aromatic N) is 1. The molecule has 0 saturated heterocycles. The van der Waals surface area contributed by atoms with Gasteiger partial charge in [0.2, 0.25) is 0 Å². The Labute approximate surface area is 78.0 Å². The maximum Gasteiger partial charge on any atom is 0.309 e. The molecule has 1 aromatic heterocycles. The lowest BCUT2D eigenvalue weighted by Crippen LogP contribution is -2.25. The van der Waals surface area contributed by atoms with Crippen molar-refractivity contribution >= 4 is 5.97 Å². The van der Waals surface area contributed by atoms with Crippen LogP contribution >= 0.6 is 0 Å². The van der Waals surface area contributed by atoms with E-state index in [1.807, 2.05) is 29.1 Å². The summed E-state index contributed by atoms with van der Waals surface area (Å²) in [4.78, 5) is 10.8. The predicted molar refractivity (Wildman–Crippen MR) is 50.5 cm³/mol. The van der Waals surface area contributed by atoms with Crippen LogP contribution in [-0.2, 0) is 11.3 Å². The van der Waals surface area contributed by atoms with Gasteiger partial charge in [-0.25, -0.2) is 0 Å². The highest BCUT2D eigenvalue weighted by Crippen LogP contribution is 2.21. The molecule has 3 nitrogen and oxygen atoms in total. The van der Waals surface area contributed by atoms with Gasteiger partial charge >= 0.3 is 5.97 Å². The molecule has 1 N–H and O–H groups in total. The van der Waals surface area contributed by atoms with Crippen molar-refractivity contribution in [3.8, 4) is 0 Å². The molecule has 0 atom stereocenters. The number of hydrogen-bond donors (Lipinski definition) is 1. The van der Waals surface area contributed by atoms with Gasteiger partial charge in [-0.15, -0.1) is 0 Å². The first-order valence-corrected chi connectivity index (χ1v) is 4.36. The van der Waals surface area contributed by atoms with Crippen molar-refractivity contribution in [3.63, 3.8) is 0 Å². The van der Waals surface area contributed by atoms with E-state index in [1.54, 1.807) is 13.8 Å². The third-order valence-electron chi connectivity index (χ3n) is 2.24. The van der Waals surface area contributed by atoms with E-state index in [0.29, 0.717) is 6.42 Å². The molecule has 0 saturated carbocycles. The van der Waals surface area contributed by atoms with E-state index in [4.69, 9.17) is 5.11 Å². The summed E-state index contributed by atoms with van der Waals surface area (Å²) in [6.45, 7) is 4.25. The number of hydrogen-bond acceptors (Lipinski definition) is 1. The van der Waals surface area contributed by atoms with Crippen LogP contribution in [0.25, 0.3) is 0 Å². The van der Waals surface area contributed by atoms with Crippen LogP contribution in [0.5, 0.6) is 0 Å². The lowest BCUT2D eigenvalue weighted by Gasteiger charge is -2.18. The average molecular weight is 181 g/mol.